The van der Waals surface area contributed by atoms with Gasteiger partial charge in [0.05, 0.1) is 23.1 Å². The Morgan fingerprint density at radius 1 is 1.17 bits per heavy atom. The van der Waals surface area contributed by atoms with Gasteiger partial charge in [-0.3, -0.25) is 19.0 Å². The van der Waals surface area contributed by atoms with Crippen LogP contribution in [0.3, 0.4) is 0 Å². The van der Waals surface area contributed by atoms with Crippen LogP contribution in [0.4, 0.5) is 5.69 Å². The molecule has 2 amide bonds. The third kappa shape index (κ3) is 4.43. The van der Waals surface area contributed by atoms with Crippen LogP contribution in [-0.2, 0) is 16.1 Å². The maximum absolute atomic E-state index is 12.8. The molecule has 1 N–H and O–H groups in total. The molecule has 8 heteroatoms. The van der Waals surface area contributed by atoms with Crippen LogP contribution in [0.1, 0.15) is 12.8 Å². The number of hydrogen-bond donors (Lipinski definition) is 1. The average Bonchev–Trinajstić information content (AvgIpc) is 2.77. The van der Waals surface area contributed by atoms with Crippen LogP contribution in [0.5, 0.6) is 0 Å². The number of halogens is 1. The first-order chi connectivity index (χ1) is 14.5. The van der Waals surface area contributed by atoms with Crippen LogP contribution < -0.4 is 10.9 Å². The topological polar surface area (TPSA) is 84.3 Å². The lowest BCUT2D eigenvalue weighted by Gasteiger charge is -2.32. The van der Waals surface area contributed by atoms with Crippen molar-refractivity contribution in [2.45, 2.75) is 19.4 Å². The number of nitrogens with zero attached hydrogens (tertiary/aromatic N) is 3. The minimum Gasteiger partial charge on any atom is -0.340 e. The van der Waals surface area contributed by atoms with Gasteiger partial charge in [-0.1, -0.05) is 34.1 Å². The number of likely N-dealkylation sites (tertiary alicyclic amines) is 1. The summed E-state index contributed by atoms with van der Waals surface area (Å²) in [5, 5.41) is 3.37. The number of nitrogens with one attached hydrogen (secondary N) is 1. The zero-order chi connectivity index (χ0) is 21.1. The minimum atomic E-state index is -0.273. The zero-order valence-electron chi connectivity index (χ0n) is 16.3. The first-order valence-electron chi connectivity index (χ1n) is 9.79. The molecule has 2 aromatic carbocycles. The number of hydrogen-bond acceptors (Lipinski definition) is 4. The Balaban J connectivity index is 1.44. The number of fused-ring (bicyclic) bond motifs is 1. The molecule has 30 heavy (non-hydrogen) atoms. The predicted octanol–water partition coefficient (Wildman–Crippen LogP) is 3.04. The Hall–Kier alpha value is -3.00. The van der Waals surface area contributed by atoms with E-state index in [2.05, 4.69) is 26.2 Å². The quantitative estimate of drug-likeness (QED) is 0.637. The molecule has 4 rings (SSSR count). The van der Waals surface area contributed by atoms with Gasteiger partial charge in [-0.25, -0.2) is 4.98 Å². The Labute approximate surface area is 181 Å². The van der Waals surface area contributed by atoms with E-state index in [4.69, 9.17) is 0 Å². The summed E-state index contributed by atoms with van der Waals surface area (Å²) in [6, 6.07) is 14.6. The molecule has 1 aliphatic rings. The van der Waals surface area contributed by atoms with E-state index in [9.17, 15) is 14.4 Å². The van der Waals surface area contributed by atoms with E-state index in [1.807, 2.05) is 36.4 Å². The Bertz CT molecular complexity index is 1150. The second-order valence-electron chi connectivity index (χ2n) is 7.37. The van der Waals surface area contributed by atoms with Gasteiger partial charge in [0.15, 0.2) is 0 Å². The van der Waals surface area contributed by atoms with Crippen LogP contribution in [0.2, 0.25) is 0 Å². The maximum Gasteiger partial charge on any atom is 0.261 e. The Morgan fingerprint density at radius 3 is 2.77 bits per heavy atom. The van der Waals surface area contributed by atoms with Crippen LogP contribution in [-0.4, -0.2) is 39.4 Å². The van der Waals surface area contributed by atoms with Gasteiger partial charge in [-0.2, -0.15) is 0 Å². The highest BCUT2D eigenvalue weighted by atomic mass is 79.9. The van der Waals surface area contributed by atoms with Crippen molar-refractivity contribution in [3.05, 3.63) is 69.7 Å². The van der Waals surface area contributed by atoms with Crippen molar-refractivity contribution >= 4 is 44.3 Å². The number of piperidine rings is 1. The van der Waals surface area contributed by atoms with E-state index in [1.165, 1.54) is 10.9 Å². The summed E-state index contributed by atoms with van der Waals surface area (Å²) in [7, 11) is 0. The summed E-state index contributed by atoms with van der Waals surface area (Å²) in [6.45, 7) is 0.829. The number of anilines is 1. The van der Waals surface area contributed by atoms with Crippen molar-refractivity contribution in [1.82, 2.24) is 14.5 Å². The lowest BCUT2D eigenvalue weighted by atomic mass is 9.97. The second kappa shape index (κ2) is 8.79. The summed E-state index contributed by atoms with van der Waals surface area (Å²) < 4.78 is 2.10. The number of rotatable bonds is 4. The molecule has 1 unspecified atom stereocenters. The van der Waals surface area contributed by atoms with Gasteiger partial charge in [-0.15, -0.1) is 0 Å². The Morgan fingerprint density at radius 2 is 1.97 bits per heavy atom. The van der Waals surface area contributed by atoms with Crippen molar-refractivity contribution in [3.8, 4) is 0 Å². The lowest BCUT2D eigenvalue weighted by molar-refractivity contribution is -0.135. The van der Waals surface area contributed by atoms with Crippen molar-refractivity contribution in [2.24, 2.45) is 5.92 Å². The van der Waals surface area contributed by atoms with E-state index >= 15 is 0 Å². The predicted molar refractivity (Wildman–Crippen MR) is 118 cm³/mol. The molecule has 7 nitrogen and oxygen atoms in total. The lowest BCUT2D eigenvalue weighted by Crippen LogP contribution is -2.45. The number of carbonyl (C=O) groups is 2. The van der Waals surface area contributed by atoms with Gasteiger partial charge in [-0.05, 0) is 43.2 Å². The third-order valence-corrected chi connectivity index (χ3v) is 5.77. The van der Waals surface area contributed by atoms with Crippen molar-refractivity contribution in [3.63, 3.8) is 0 Å². The van der Waals surface area contributed by atoms with Crippen LogP contribution >= 0.6 is 15.9 Å². The first-order valence-corrected chi connectivity index (χ1v) is 10.6. The number of amides is 2. The molecule has 1 fully saturated rings. The monoisotopic (exact) mass is 468 g/mol. The molecule has 0 spiro atoms. The minimum absolute atomic E-state index is 0.0897. The van der Waals surface area contributed by atoms with Crippen LogP contribution in [0.15, 0.2) is 64.1 Å². The van der Waals surface area contributed by atoms with Crippen LogP contribution in [0, 0.1) is 5.92 Å². The number of carbonyl (C=O) groups excluding carboxylic acids is 2. The highest BCUT2D eigenvalue weighted by Crippen LogP contribution is 2.19. The summed E-state index contributed by atoms with van der Waals surface area (Å²) in [5.74, 6) is -0.552. The van der Waals surface area contributed by atoms with Gasteiger partial charge >= 0.3 is 0 Å². The van der Waals surface area contributed by atoms with Crippen molar-refractivity contribution in [2.75, 3.05) is 18.4 Å². The molecule has 1 aliphatic heterocycles. The fraction of sp³-hybridized carbons (Fsp3) is 0.273. The largest absolute Gasteiger partial charge is 0.340 e. The number of benzene rings is 2. The SMILES string of the molecule is O=C(Nc1ccccc1)C1CCCN(C(=O)Cn2cnc3ccc(Br)cc3c2=O)C1. The van der Waals surface area contributed by atoms with E-state index in [0.717, 1.165) is 23.0 Å². The molecule has 154 valence electrons. The summed E-state index contributed by atoms with van der Waals surface area (Å²) in [5.41, 5.74) is 1.07. The van der Waals surface area contributed by atoms with Crippen molar-refractivity contribution in [1.29, 1.82) is 0 Å². The second-order valence-corrected chi connectivity index (χ2v) is 8.29. The molecular weight excluding hydrogens is 448 g/mol. The first kappa shape index (κ1) is 20.3. The van der Waals surface area contributed by atoms with Crippen LogP contribution in [0.25, 0.3) is 10.9 Å². The normalized spacial score (nSPS) is 16.4. The van der Waals surface area contributed by atoms with Gasteiger partial charge in [0, 0.05) is 23.2 Å². The molecular formula is C22H21BrN4O3. The van der Waals surface area contributed by atoms with E-state index in [1.54, 1.807) is 17.0 Å². The summed E-state index contributed by atoms with van der Waals surface area (Å²) in [6.07, 6.45) is 2.88. The molecule has 0 radical (unpaired) electrons. The average molecular weight is 469 g/mol. The van der Waals surface area contributed by atoms with E-state index < -0.39 is 0 Å². The molecule has 0 bridgehead atoms. The number of para-hydroxylation sites is 1. The summed E-state index contributed by atoms with van der Waals surface area (Å²) >= 11 is 3.36. The molecule has 0 saturated carbocycles. The van der Waals surface area contributed by atoms with Gasteiger partial charge in [0.1, 0.15) is 6.54 Å². The highest BCUT2D eigenvalue weighted by molar-refractivity contribution is 9.10. The van der Waals surface area contributed by atoms with E-state index in [-0.39, 0.29) is 29.8 Å². The van der Waals surface area contributed by atoms with Crippen molar-refractivity contribution < 1.29 is 9.59 Å². The molecule has 1 aromatic heterocycles. The fourth-order valence-corrected chi connectivity index (χ4v) is 4.03. The molecule has 1 saturated heterocycles. The molecule has 2 heterocycles. The van der Waals surface area contributed by atoms with Gasteiger partial charge in [0.2, 0.25) is 11.8 Å². The maximum atomic E-state index is 12.8. The van der Waals surface area contributed by atoms with Gasteiger partial charge < -0.3 is 10.2 Å². The standard InChI is InChI=1S/C22H21BrN4O3/c23-16-8-9-19-18(11-16)22(30)27(14-24-19)13-20(28)26-10-4-5-15(12-26)21(29)25-17-6-2-1-3-7-17/h1-3,6-9,11,14-15H,4-5,10,12-13H2,(H,25,29). The molecule has 1 atom stereocenters. The summed E-state index contributed by atoms with van der Waals surface area (Å²) in [4.78, 5) is 44.1. The zero-order valence-corrected chi connectivity index (χ0v) is 17.8. The molecule has 3 aromatic rings. The smallest absolute Gasteiger partial charge is 0.261 e. The Kier molecular flexibility index (Phi) is 5.94. The van der Waals surface area contributed by atoms with Gasteiger partial charge in [0.25, 0.3) is 5.56 Å². The highest BCUT2D eigenvalue weighted by Gasteiger charge is 2.28. The molecule has 0 aliphatic carbocycles. The van der Waals surface area contributed by atoms with E-state index in [0.29, 0.717) is 24.0 Å². The fourth-order valence-electron chi connectivity index (χ4n) is 3.67. The number of aromatic nitrogens is 2. The third-order valence-electron chi connectivity index (χ3n) is 5.28.